The van der Waals surface area contributed by atoms with Gasteiger partial charge in [0.2, 0.25) is 0 Å². The van der Waals surface area contributed by atoms with Crippen LogP contribution in [0.1, 0.15) is 31.2 Å². The first-order chi connectivity index (χ1) is 8.54. The molecule has 0 radical (unpaired) electrons. The monoisotopic (exact) mass is 250 g/mol. The van der Waals surface area contributed by atoms with Crippen molar-refractivity contribution in [2.75, 3.05) is 0 Å². The maximum absolute atomic E-state index is 11.5. The summed E-state index contributed by atoms with van der Waals surface area (Å²) in [5.74, 6) is -0.572. The van der Waals surface area contributed by atoms with Crippen molar-refractivity contribution in [1.29, 1.82) is 0 Å². The second-order valence-electron chi connectivity index (χ2n) is 4.57. The van der Waals surface area contributed by atoms with Gasteiger partial charge < -0.3 is 19.8 Å². The summed E-state index contributed by atoms with van der Waals surface area (Å²) in [7, 11) is -1.90. The highest BCUT2D eigenvalue weighted by Gasteiger charge is 2.43. The number of benzene rings is 1. The molecule has 1 aliphatic rings. The third-order valence-electron chi connectivity index (χ3n) is 3.49. The van der Waals surface area contributed by atoms with Crippen LogP contribution in [0.5, 0.6) is 5.75 Å². The van der Waals surface area contributed by atoms with Gasteiger partial charge in [-0.05, 0) is 30.5 Å². The van der Waals surface area contributed by atoms with Gasteiger partial charge in [-0.15, -0.1) is 0 Å². The summed E-state index contributed by atoms with van der Waals surface area (Å²) in [6.45, 7) is 0. The molecule has 5 nitrogen and oxygen atoms in total. The molecule has 0 saturated heterocycles. The topological polar surface area (TPSA) is 87.0 Å². The number of aliphatic carboxylic acids is 1. The Labute approximate surface area is 105 Å². The van der Waals surface area contributed by atoms with Gasteiger partial charge in [-0.3, -0.25) is 4.79 Å². The van der Waals surface area contributed by atoms with Crippen LogP contribution < -0.4 is 4.65 Å². The van der Waals surface area contributed by atoms with Crippen molar-refractivity contribution in [3.8, 4) is 5.75 Å². The van der Waals surface area contributed by atoms with Crippen LogP contribution in [-0.2, 0) is 10.2 Å². The lowest BCUT2D eigenvalue weighted by atomic mass is 9.79. The maximum Gasteiger partial charge on any atom is 0.707 e. The molecule has 0 unspecified atom stereocenters. The first kappa shape index (κ1) is 12.9. The van der Waals surface area contributed by atoms with Gasteiger partial charge in [-0.25, -0.2) is 0 Å². The standard InChI is InChI=1S/C12H15BO5/c14-11(15)12(6-1-2-7-12)9-4-3-5-10(8-9)18-13(16)17/h3-5,8,16-17H,1-2,6-7H2,(H,14,15). The van der Waals surface area contributed by atoms with E-state index in [1.807, 2.05) is 0 Å². The van der Waals surface area contributed by atoms with Gasteiger partial charge in [0.05, 0.1) is 5.41 Å². The van der Waals surface area contributed by atoms with Gasteiger partial charge in [-0.2, -0.15) is 0 Å². The van der Waals surface area contributed by atoms with Crippen LogP contribution in [0.4, 0.5) is 0 Å². The molecule has 1 aromatic carbocycles. The van der Waals surface area contributed by atoms with E-state index in [0.29, 0.717) is 18.4 Å². The van der Waals surface area contributed by atoms with Gasteiger partial charge >= 0.3 is 13.3 Å². The smallest absolute Gasteiger partial charge is 0.512 e. The van der Waals surface area contributed by atoms with E-state index >= 15 is 0 Å². The summed E-state index contributed by atoms with van der Waals surface area (Å²) >= 11 is 0. The fourth-order valence-electron chi connectivity index (χ4n) is 2.59. The average molecular weight is 250 g/mol. The number of carboxylic acids is 1. The lowest BCUT2D eigenvalue weighted by Gasteiger charge is -2.24. The van der Waals surface area contributed by atoms with Crippen molar-refractivity contribution in [2.24, 2.45) is 0 Å². The van der Waals surface area contributed by atoms with Crippen LogP contribution in [0.15, 0.2) is 24.3 Å². The van der Waals surface area contributed by atoms with E-state index in [4.69, 9.17) is 14.7 Å². The van der Waals surface area contributed by atoms with Crippen LogP contribution in [0.3, 0.4) is 0 Å². The number of hydrogen-bond acceptors (Lipinski definition) is 4. The predicted molar refractivity (Wildman–Crippen MR) is 65.0 cm³/mol. The quantitative estimate of drug-likeness (QED) is 0.692. The number of carbonyl (C=O) groups is 1. The zero-order valence-electron chi connectivity index (χ0n) is 9.87. The lowest BCUT2D eigenvalue weighted by molar-refractivity contribution is -0.143. The molecule has 3 N–H and O–H groups in total. The summed E-state index contributed by atoms with van der Waals surface area (Å²) in [6, 6.07) is 6.54. The second kappa shape index (κ2) is 5.00. The Kier molecular flexibility index (Phi) is 3.59. The molecule has 0 aromatic heterocycles. The number of rotatable bonds is 4. The summed E-state index contributed by atoms with van der Waals surface area (Å²) < 4.78 is 4.76. The maximum atomic E-state index is 11.5. The van der Waals surface area contributed by atoms with E-state index in [-0.39, 0.29) is 5.75 Å². The van der Waals surface area contributed by atoms with Crippen molar-refractivity contribution >= 4 is 13.3 Å². The molecule has 0 bridgehead atoms. The van der Waals surface area contributed by atoms with E-state index in [9.17, 15) is 9.90 Å². The fraction of sp³-hybridized carbons (Fsp3) is 0.417. The molecular formula is C12H15BO5. The van der Waals surface area contributed by atoms with E-state index in [2.05, 4.69) is 0 Å². The summed E-state index contributed by atoms with van der Waals surface area (Å²) in [5.41, 5.74) is -0.203. The molecule has 1 aromatic rings. The molecule has 0 heterocycles. The van der Waals surface area contributed by atoms with Gasteiger partial charge in [-0.1, -0.05) is 25.0 Å². The number of hydrogen-bond donors (Lipinski definition) is 3. The first-order valence-electron chi connectivity index (χ1n) is 5.91. The first-order valence-corrected chi connectivity index (χ1v) is 5.91. The molecule has 1 aliphatic carbocycles. The molecule has 0 aliphatic heterocycles. The van der Waals surface area contributed by atoms with Crippen LogP contribution >= 0.6 is 0 Å². The SMILES string of the molecule is O=C(O)C1(c2cccc(OB(O)O)c2)CCCC1. The zero-order valence-corrected chi connectivity index (χ0v) is 9.87. The highest BCUT2D eigenvalue weighted by molar-refractivity contribution is 6.33. The summed E-state index contributed by atoms with van der Waals surface area (Å²) in [6.07, 6.45) is 2.99. The minimum atomic E-state index is -1.90. The van der Waals surface area contributed by atoms with Crippen LogP contribution in [0, 0.1) is 0 Å². The Bertz CT molecular complexity index is 440. The molecular weight excluding hydrogens is 235 g/mol. The third-order valence-corrected chi connectivity index (χ3v) is 3.49. The van der Waals surface area contributed by atoms with Crippen molar-refractivity contribution < 1.29 is 24.6 Å². The Morgan fingerprint density at radius 3 is 2.50 bits per heavy atom. The Morgan fingerprint density at radius 2 is 1.94 bits per heavy atom. The largest absolute Gasteiger partial charge is 0.707 e. The summed E-state index contributed by atoms with van der Waals surface area (Å²) in [4.78, 5) is 11.5. The van der Waals surface area contributed by atoms with Crippen molar-refractivity contribution in [3.05, 3.63) is 29.8 Å². The van der Waals surface area contributed by atoms with Crippen LogP contribution in [-0.4, -0.2) is 28.4 Å². The Balaban J connectivity index is 2.34. The molecule has 0 amide bonds. The van der Waals surface area contributed by atoms with E-state index < -0.39 is 18.7 Å². The minimum absolute atomic E-state index is 0.259. The average Bonchev–Trinajstić information content (AvgIpc) is 2.78. The Hall–Kier alpha value is -1.53. The molecule has 96 valence electrons. The van der Waals surface area contributed by atoms with Crippen molar-refractivity contribution in [2.45, 2.75) is 31.1 Å². The van der Waals surface area contributed by atoms with Crippen molar-refractivity contribution in [1.82, 2.24) is 0 Å². The predicted octanol–water partition coefficient (Wildman–Crippen LogP) is 0.931. The second-order valence-corrected chi connectivity index (χ2v) is 4.57. The molecule has 6 heteroatoms. The van der Waals surface area contributed by atoms with Gasteiger partial charge in [0.15, 0.2) is 0 Å². The minimum Gasteiger partial charge on any atom is -0.512 e. The highest BCUT2D eigenvalue weighted by atomic mass is 16.6. The molecule has 18 heavy (non-hydrogen) atoms. The summed E-state index contributed by atoms with van der Waals surface area (Å²) in [5, 5.41) is 27.0. The van der Waals surface area contributed by atoms with Gasteiger partial charge in [0.1, 0.15) is 5.75 Å². The molecule has 0 atom stereocenters. The fourth-order valence-corrected chi connectivity index (χ4v) is 2.59. The van der Waals surface area contributed by atoms with Crippen molar-refractivity contribution in [3.63, 3.8) is 0 Å². The molecule has 1 saturated carbocycles. The molecule has 1 fully saturated rings. The van der Waals surface area contributed by atoms with E-state index in [1.165, 1.54) is 0 Å². The van der Waals surface area contributed by atoms with E-state index in [1.54, 1.807) is 24.3 Å². The number of carboxylic acid groups (broad SMARTS) is 1. The van der Waals surface area contributed by atoms with Crippen LogP contribution in [0.2, 0.25) is 0 Å². The normalized spacial score (nSPS) is 17.4. The van der Waals surface area contributed by atoms with E-state index in [0.717, 1.165) is 12.8 Å². The molecule has 2 rings (SSSR count). The Morgan fingerprint density at radius 1 is 1.28 bits per heavy atom. The molecule has 0 spiro atoms. The van der Waals surface area contributed by atoms with Crippen LogP contribution in [0.25, 0.3) is 0 Å². The highest BCUT2D eigenvalue weighted by Crippen LogP contribution is 2.42. The van der Waals surface area contributed by atoms with Gasteiger partial charge in [0.25, 0.3) is 0 Å². The third kappa shape index (κ3) is 2.35. The van der Waals surface area contributed by atoms with Gasteiger partial charge in [0, 0.05) is 0 Å². The zero-order chi connectivity index (χ0) is 13.2. The lowest BCUT2D eigenvalue weighted by Crippen LogP contribution is -2.32.